The van der Waals surface area contributed by atoms with Crippen LogP contribution in [0.3, 0.4) is 0 Å². The van der Waals surface area contributed by atoms with Crippen molar-refractivity contribution in [1.82, 2.24) is 31.0 Å². The maximum atomic E-state index is 13.0. The van der Waals surface area contributed by atoms with Crippen LogP contribution in [0.15, 0.2) is 78.9 Å². The van der Waals surface area contributed by atoms with Crippen molar-refractivity contribution in [3.8, 4) is 6.01 Å². The third-order valence-electron chi connectivity index (χ3n) is 7.69. The summed E-state index contributed by atoms with van der Waals surface area (Å²) in [6.45, 7) is -1.78. The summed E-state index contributed by atoms with van der Waals surface area (Å²) in [4.78, 5) is 62.0. The normalized spacial score (nSPS) is 13.5. The number of carbonyl (C=O) groups excluding carboxylic acids is 4. The Hall–Kier alpha value is -6.17. The second-order valence-electron chi connectivity index (χ2n) is 11.6. The van der Waals surface area contributed by atoms with E-state index in [1.54, 1.807) is 42.5 Å². The summed E-state index contributed by atoms with van der Waals surface area (Å²) in [5.41, 5.74) is 6.21. The third-order valence-corrected chi connectivity index (χ3v) is 7.94. The lowest BCUT2D eigenvalue weighted by Crippen LogP contribution is -2.46. The first-order valence-electron chi connectivity index (χ1n) is 16.0. The molecule has 0 radical (unpaired) electrons. The number of para-hydroxylation sites is 1. The van der Waals surface area contributed by atoms with Crippen LogP contribution < -0.4 is 36.9 Å². The maximum absolute atomic E-state index is 13.0. The predicted octanol–water partition coefficient (Wildman–Crippen LogP) is 4.23. The van der Waals surface area contributed by atoms with Crippen molar-refractivity contribution in [3.63, 3.8) is 0 Å². The highest BCUT2D eigenvalue weighted by Crippen LogP contribution is 2.48. The Morgan fingerprint density at radius 1 is 0.868 bits per heavy atom. The molecular formula is C34H33ClF3N9O6. The molecule has 1 aliphatic carbocycles. The van der Waals surface area contributed by atoms with Gasteiger partial charge in [-0.2, -0.15) is 28.1 Å². The van der Waals surface area contributed by atoms with Gasteiger partial charge in [-0.1, -0.05) is 41.9 Å². The number of hydrazine groups is 1. The number of halogens is 4. The number of benzene rings is 3. The fourth-order valence-electron chi connectivity index (χ4n) is 4.86. The molecule has 3 aromatic carbocycles. The first-order chi connectivity index (χ1) is 25.3. The van der Waals surface area contributed by atoms with E-state index in [1.807, 2.05) is 12.1 Å². The van der Waals surface area contributed by atoms with Gasteiger partial charge in [0.1, 0.15) is 6.04 Å². The van der Waals surface area contributed by atoms with Gasteiger partial charge in [-0.25, -0.2) is 4.79 Å². The minimum Gasteiger partial charge on any atom is -0.467 e. The minimum atomic E-state index is -4.64. The molecule has 6 N–H and O–H groups in total. The number of esters is 1. The topological polar surface area (TPSA) is 198 Å². The fraction of sp³-hybridized carbons (Fsp3) is 0.265. The first-order valence-corrected chi connectivity index (χ1v) is 16.4. The molecule has 1 aliphatic rings. The van der Waals surface area contributed by atoms with Crippen LogP contribution in [-0.2, 0) is 24.7 Å². The number of rotatable bonds is 15. The van der Waals surface area contributed by atoms with Crippen molar-refractivity contribution < 1.29 is 41.8 Å². The monoisotopic (exact) mass is 755 g/mol. The second-order valence-corrected chi connectivity index (χ2v) is 12.1. The molecule has 19 heteroatoms. The SMILES string of the molecule is COC(=O)[C@H](CCNC(=O)C(=O)NNc1ccccc1)NC(=O)c1ccc(Nc2nc(NC3(c4ccc(Cl)cc4)CC3)nc(OCC(F)(F)F)n2)cc1. The largest absolute Gasteiger partial charge is 0.467 e. The van der Waals surface area contributed by atoms with E-state index in [0.29, 0.717) is 29.2 Å². The molecule has 1 aromatic heterocycles. The summed E-state index contributed by atoms with van der Waals surface area (Å²) in [5, 5.41) is 11.5. The van der Waals surface area contributed by atoms with Crippen molar-refractivity contribution in [2.75, 3.05) is 36.3 Å². The van der Waals surface area contributed by atoms with Gasteiger partial charge in [0.2, 0.25) is 11.9 Å². The average Bonchev–Trinajstić information content (AvgIpc) is 3.92. The number of hydrogen-bond donors (Lipinski definition) is 6. The number of aromatic nitrogens is 3. The minimum absolute atomic E-state index is 0.0300. The zero-order chi connectivity index (χ0) is 38.0. The van der Waals surface area contributed by atoms with E-state index >= 15 is 0 Å². The molecule has 0 aliphatic heterocycles. The van der Waals surface area contributed by atoms with E-state index in [4.69, 9.17) is 21.1 Å². The van der Waals surface area contributed by atoms with Crippen molar-refractivity contribution in [1.29, 1.82) is 0 Å². The van der Waals surface area contributed by atoms with Crippen LogP contribution in [-0.4, -0.2) is 71.1 Å². The number of carbonyl (C=O) groups is 4. The van der Waals surface area contributed by atoms with Gasteiger partial charge < -0.3 is 30.7 Å². The summed E-state index contributed by atoms with van der Waals surface area (Å²) in [6.07, 6.45) is -3.32. The van der Waals surface area contributed by atoms with Gasteiger partial charge in [0.15, 0.2) is 6.61 Å². The summed E-state index contributed by atoms with van der Waals surface area (Å²) in [7, 11) is 1.13. The van der Waals surface area contributed by atoms with Gasteiger partial charge in [-0.3, -0.25) is 25.2 Å². The highest BCUT2D eigenvalue weighted by atomic mass is 35.5. The van der Waals surface area contributed by atoms with Gasteiger partial charge in [0.25, 0.3) is 5.91 Å². The van der Waals surface area contributed by atoms with E-state index < -0.39 is 54.1 Å². The van der Waals surface area contributed by atoms with E-state index in [1.165, 1.54) is 24.3 Å². The molecule has 15 nitrogen and oxygen atoms in total. The van der Waals surface area contributed by atoms with Crippen molar-refractivity contribution in [2.24, 2.45) is 0 Å². The quantitative estimate of drug-likeness (QED) is 0.0575. The average molecular weight is 756 g/mol. The lowest BCUT2D eigenvalue weighted by atomic mass is 10.1. The number of ether oxygens (including phenoxy) is 2. The molecule has 1 atom stereocenters. The van der Waals surface area contributed by atoms with Gasteiger partial charge in [-0.05, 0) is 73.4 Å². The molecule has 278 valence electrons. The predicted molar refractivity (Wildman–Crippen MR) is 186 cm³/mol. The Morgan fingerprint density at radius 2 is 1.55 bits per heavy atom. The Kier molecular flexibility index (Phi) is 12.1. The Labute approximate surface area is 305 Å². The number of methoxy groups -OCH3 is 1. The molecule has 0 spiro atoms. The van der Waals surface area contributed by atoms with Crippen LogP contribution in [0.25, 0.3) is 0 Å². The van der Waals surface area contributed by atoms with Crippen LogP contribution in [0, 0.1) is 0 Å². The number of hydrogen-bond acceptors (Lipinski definition) is 12. The molecule has 0 saturated heterocycles. The van der Waals surface area contributed by atoms with E-state index in [0.717, 1.165) is 12.7 Å². The lowest BCUT2D eigenvalue weighted by molar-refractivity contribution is -0.154. The molecule has 4 aromatic rings. The molecular weight excluding hydrogens is 723 g/mol. The van der Waals surface area contributed by atoms with Gasteiger partial charge in [-0.15, -0.1) is 0 Å². The van der Waals surface area contributed by atoms with Gasteiger partial charge in [0.05, 0.1) is 18.3 Å². The number of amides is 3. The first kappa shape index (κ1) is 38.1. The molecule has 3 amide bonds. The highest BCUT2D eigenvalue weighted by Gasteiger charge is 2.45. The van der Waals surface area contributed by atoms with Crippen molar-refractivity contribution in [3.05, 3.63) is 95.0 Å². The van der Waals surface area contributed by atoms with Crippen LogP contribution in [0.1, 0.15) is 35.2 Å². The number of nitrogens with zero attached hydrogens (tertiary/aromatic N) is 3. The summed E-state index contributed by atoms with van der Waals surface area (Å²) in [5.74, 6) is -3.55. The molecule has 1 heterocycles. The second kappa shape index (κ2) is 16.9. The van der Waals surface area contributed by atoms with Crippen LogP contribution in [0.5, 0.6) is 6.01 Å². The number of alkyl halides is 3. The molecule has 1 fully saturated rings. The Morgan fingerprint density at radius 3 is 2.19 bits per heavy atom. The third kappa shape index (κ3) is 11.2. The van der Waals surface area contributed by atoms with Crippen LogP contribution in [0.4, 0.5) is 36.4 Å². The van der Waals surface area contributed by atoms with E-state index in [-0.39, 0.29) is 30.4 Å². The fourth-order valence-corrected chi connectivity index (χ4v) is 4.98. The van der Waals surface area contributed by atoms with Gasteiger partial charge in [0, 0.05) is 22.8 Å². The molecule has 53 heavy (non-hydrogen) atoms. The maximum Gasteiger partial charge on any atom is 0.422 e. The molecule has 0 unspecified atom stereocenters. The standard InChI is InChI=1S/C34H33ClF3N9O6/c1-52-29(51)25(15-18-39-27(49)28(50)47-46-24-5-3-2-4-6-24)41-26(48)20-7-13-23(14-8-20)40-30-42-31(44-32(43-30)53-19-34(36,37)38)45-33(16-17-33)21-9-11-22(35)12-10-21/h2-14,25,46H,15-19H2,1H3,(H,39,49)(H,41,48)(H,47,50)(H2,40,42,43,44,45)/t25-/m0/s1. The zero-order valence-corrected chi connectivity index (χ0v) is 28.7. The molecule has 1 saturated carbocycles. The molecule has 0 bridgehead atoms. The van der Waals surface area contributed by atoms with E-state index in [2.05, 4.69) is 47.1 Å². The van der Waals surface area contributed by atoms with Crippen LogP contribution in [0.2, 0.25) is 5.02 Å². The molecule has 5 rings (SSSR count). The summed E-state index contributed by atoms with van der Waals surface area (Å²) in [6, 6.07) is 19.8. The van der Waals surface area contributed by atoms with Crippen molar-refractivity contribution in [2.45, 2.75) is 37.0 Å². The lowest BCUT2D eigenvalue weighted by Gasteiger charge is -2.19. The van der Waals surface area contributed by atoms with Crippen LogP contribution >= 0.6 is 11.6 Å². The summed E-state index contributed by atoms with van der Waals surface area (Å²) < 4.78 is 48.4. The summed E-state index contributed by atoms with van der Waals surface area (Å²) >= 11 is 6.02. The zero-order valence-electron chi connectivity index (χ0n) is 27.9. The Bertz CT molecular complexity index is 1920. The number of anilines is 4. The van der Waals surface area contributed by atoms with E-state index in [9.17, 15) is 32.3 Å². The smallest absolute Gasteiger partial charge is 0.422 e. The number of nitrogens with one attached hydrogen (secondary N) is 6. The highest BCUT2D eigenvalue weighted by molar-refractivity contribution is 6.35. The van der Waals surface area contributed by atoms with Crippen molar-refractivity contribution >= 4 is 58.6 Å². The van der Waals surface area contributed by atoms with Gasteiger partial charge >= 0.3 is 30.0 Å². The Balaban J connectivity index is 1.19.